The van der Waals surface area contributed by atoms with E-state index in [4.69, 9.17) is 14.8 Å². The number of carbonyl (C=O) groups is 1. The van der Waals surface area contributed by atoms with Crippen molar-refractivity contribution in [1.29, 1.82) is 0 Å². The van der Waals surface area contributed by atoms with Crippen LogP contribution in [0, 0.1) is 0 Å². The zero-order valence-corrected chi connectivity index (χ0v) is 28.3. The summed E-state index contributed by atoms with van der Waals surface area (Å²) in [4.78, 5) is 22.5. The molecule has 0 rings (SSSR count). The smallest absolute Gasteiger partial charge is 0.387 e. The van der Waals surface area contributed by atoms with Gasteiger partial charge in [-0.05, 0) is 39.0 Å². The Morgan fingerprint density at radius 1 is 0.791 bits per heavy atom. The summed E-state index contributed by atoms with van der Waals surface area (Å²) in [6.45, 7) is 3.85. The Morgan fingerprint density at radius 2 is 1.28 bits per heavy atom. The van der Waals surface area contributed by atoms with Gasteiger partial charge in [0.2, 0.25) is 5.91 Å². The third-order valence-electron chi connectivity index (χ3n) is 7.29. The third kappa shape index (κ3) is 29.2. The first kappa shape index (κ1) is 41.7. The van der Waals surface area contributed by atoms with Gasteiger partial charge in [-0.1, -0.05) is 133 Å². The van der Waals surface area contributed by atoms with Gasteiger partial charge in [-0.15, -0.1) is 0 Å². The molecule has 0 saturated carbocycles. The zero-order chi connectivity index (χ0) is 31.9. The first-order chi connectivity index (χ1) is 20.9. The summed E-state index contributed by atoms with van der Waals surface area (Å²) in [7, 11) is -4.33. The number of unbranched alkanes of at least 4 members (excludes halogenated alkanes) is 16. The van der Waals surface area contributed by atoms with E-state index in [1.807, 2.05) is 19.1 Å². The number of nitrogens with two attached hydrogens (primary N) is 1. The highest BCUT2D eigenvalue weighted by Crippen LogP contribution is 2.43. The van der Waals surface area contributed by atoms with Crippen LogP contribution < -0.4 is 11.1 Å². The van der Waals surface area contributed by atoms with E-state index in [1.54, 1.807) is 6.08 Å². The van der Waals surface area contributed by atoms with Gasteiger partial charge < -0.3 is 21.1 Å². The summed E-state index contributed by atoms with van der Waals surface area (Å²) in [6.07, 6.45) is 33.6. The van der Waals surface area contributed by atoms with Crippen LogP contribution in [0.4, 0.5) is 0 Å². The van der Waals surface area contributed by atoms with Crippen LogP contribution in [-0.2, 0) is 18.4 Å². The average molecular weight is 629 g/mol. The Kier molecular flexibility index (Phi) is 29.8. The molecule has 43 heavy (non-hydrogen) atoms. The van der Waals surface area contributed by atoms with Crippen LogP contribution in [0.1, 0.15) is 142 Å². The molecule has 0 aromatic heterocycles. The largest absolute Gasteiger partial charge is 0.472 e. The number of rotatable bonds is 31. The molecule has 0 aliphatic rings. The minimum Gasteiger partial charge on any atom is -0.387 e. The monoisotopic (exact) mass is 628 g/mol. The maximum absolute atomic E-state index is 12.6. The predicted molar refractivity (Wildman–Crippen MR) is 180 cm³/mol. The van der Waals surface area contributed by atoms with Crippen LogP contribution in [0.3, 0.4) is 0 Å². The lowest BCUT2D eigenvalue weighted by atomic mass is 10.0. The maximum atomic E-state index is 12.6. The molecule has 0 heterocycles. The molecule has 3 unspecified atom stereocenters. The van der Waals surface area contributed by atoms with Crippen LogP contribution in [0.5, 0.6) is 0 Å². The number of hydrogen-bond donors (Lipinski definition) is 4. The molecular formula is C34H65N2O6P. The van der Waals surface area contributed by atoms with Crippen molar-refractivity contribution in [2.75, 3.05) is 19.8 Å². The van der Waals surface area contributed by atoms with Gasteiger partial charge in [-0.25, -0.2) is 4.57 Å². The van der Waals surface area contributed by atoms with Gasteiger partial charge in [0.15, 0.2) is 0 Å². The van der Waals surface area contributed by atoms with E-state index in [1.165, 1.54) is 77.0 Å². The molecule has 0 spiro atoms. The number of allylic oxidation sites excluding steroid dienone is 5. The highest BCUT2D eigenvalue weighted by Gasteiger charge is 2.26. The minimum atomic E-state index is -4.33. The van der Waals surface area contributed by atoms with Crippen molar-refractivity contribution >= 4 is 13.7 Å². The molecule has 3 atom stereocenters. The van der Waals surface area contributed by atoms with E-state index in [0.717, 1.165) is 44.9 Å². The van der Waals surface area contributed by atoms with Gasteiger partial charge in [0.25, 0.3) is 0 Å². The molecule has 5 N–H and O–H groups in total. The SMILES string of the molecule is C/C=C/CC/C=C/CC/C=C/C(O)C(COP(=O)(O)OCCN)NC(=O)CCCCCCCCCCCCCCCCC. The maximum Gasteiger partial charge on any atom is 0.472 e. The number of hydrogen-bond acceptors (Lipinski definition) is 6. The van der Waals surface area contributed by atoms with Crippen molar-refractivity contribution in [3.63, 3.8) is 0 Å². The van der Waals surface area contributed by atoms with E-state index in [9.17, 15) is 19.4 Å². The molecule has 252 valence electrons. The molecule has 0 saturated heterocycles. The van der Waals surface area contributed by atoms with Gasteiger partial charge in [-0.3, -0.25) is 13.8 Å². The molecule has 0 aliphatic carbocycles. The fraction of sp³-hybridized carbons (Fsp3) is 0.794. The zero-order valence-electron chi connectivity index (χ0n) is 27.4. The molecule has 0 aromatic rings. The van der Waals surface area contributed by atoms with E-state index < -0.39 is 20.0 Å². The topological polar surface area (TPSA) is 131 Å². The molecule has 0 radical (unpaired) electrons. The Bertz CT molecular complexity index is 774. The summed E-state index contributed by atoms with van der Waals surface area (Å²) in [5, 5.41) is 13.5. The summed E-state index contributed by atoms with van der Waals surface area (Å²) >= 11 is 0. The number of amides is 1. The fourth-order valence-corrected chi connectivity index (χ4v) is 5.46. The molecule has 0 bridgehead atoms. The van der Waals surface area contributed by atoms with Crippen molar-refractivity contribution in [2.24, 2.45) is 5.73 Å². The number of aliphatic hydroxyl groups excluding tert-OH is 1. The standard InChI is InChI=1S/C34H65N2O6P/c1-3-5-7-9-11-13-14-15-16-17-18-20-22-24-26-28-34(38)36-32(31-42-43(39,40)41-30-29-35)33(37)27-25-23-21-19-12-10-8-6-4-2/h4,6,12,19,25,27,32-33,37H,3,5,7-11,13-18,20-24,26,28-31,35H2,1-2H3,(H,36,38)(H,39,40)/b6-4+,19-12+,27-25+. The summed E-state index contributed by atoms with van der Waals surface area (Å²) in [5.74, 6) is -0.213. The van der Waals surface area contributed by atoms with Crippen molar-refractivity contribution in [2.45, 2.75) is 154 Å². The van der Waals surface area contributed by atoms with Crippen molar-refractivity contribution in [1.82, 2.24) is 5.32 Å². The molecule has 8 nitrogen and oxygen atoms in total. The molecular weight excluding hydrogens is 563 g/mol. The Morgan fingerprint density at radius 3 is 1.79 bits per heavy atom. The normalized spacial score (nSPS) is 15.0. The first-order valence-electron chi connectivity index (χ1n) is 17.1. The Balaban J connectivity index is 4.33. The van der Waals surface area contributed by atoms with Crippen molar-refractivity contribution in [3.8, 4) is 0 Å². The highest BCUT2D eigenvalue weighted by molar-refractivity contribution is 7.47. The van der Waals surface area contributed by atoms with Crippen LogP contribution in [0.25, 0.3) is 0 Å². The van der Waals surface area contributed by atoms with Crippen LogP contribution in [0.15, 0.2) is 36.5 Å². The minimum absolute atomic E-state index is 0.0719. The molecule has 1 amide bonds. The van der Waals surface area contributed by atoms with E-state index >= 15 is 0 Å². The Hall–Kier alpha value is -1.28. The van der Waals surface area contributed by atoms with Gasteiger partial charge in [0.1, 0.15) is 0 Å². The number of carbonyl (C=O) groups excluding carboxylic acids is 1. The number of aliphatic hydroxyl groups is 1. The lowest BCUT2D eigenvalue weighted by Gasteiger charge is -2.23. The highest BCUT2D eigenvalue weighted by atomic mass is 31.2. The Labute approximate surface area is 263 Å². The van der Waals surface area contributed by atoms with Crippen LogP contribution >= 0.6 is 7.82 Å². The van der Waals surface area contributed by atoms with E-state index in [-0.39, 0.29) is 25.7 Å². The van der Waals surface area contributed by atoms with Crippen molar-refractivity contribution < 1.29 is 28.4 Å². The number of phosphoric acid groups is 1. The molecule has 0 aromatic carbocycles. The average Bonchev–Trinajstić information content (AvgIpc) is 2.99. The lowest BCUT2D eigenvalue weighted by molar-refractivity contribution is -0.123. The van der Waals surface area contributed by atoms with E-state index in [0.29, 0.717) is 6.42 Å². The number of nitrogens with one attached hydrogen (secondary N) is 1. The van der Waals surface area contributed by atoms with Gasteiger partial charge in [-0.2, -0.15) is 0 Å². The van der Waals surface area contributed by atoms with E-state index in [2.05, 4.69) is 30.5 Å². The second-order valence-electron chi connectivity index (χ2n) is 11.4. The number of phosphoric ester groups is 1. The summed E-state index contributed by atoms with van der Waals surface area (Å²) < 4.78 is 21.9. The van der Waals surface area contributed by atoms with Gasteiger partial charge in [0, 0.05) is 13.0 Å². The third-order valence-corrected chi connectivity index (χ3v) is 8.28. The molecule has 9 heteroatoms. The molecule has 0 fully saturated rings. The fourth-order valence-electron chi connectivity index (χ4n) is 4.70. The quantitative estimate of drug-likeness (QED) is 0.0344. The lowest BCUT2D eigenvalue weighted by Crippen LogP contribution is -2.45. The van der Waals surface area contributed by atoms with Gasteiger partial charge in [0.05, 0.1) is 25.4 Å². The van der Waals surface area contributed by atoms with Crippen LogP contribution in [0.2, 0.25) is 0 Å². The summed E-state index contributed by atoms with van der Waals surface area (Å²) in [5.41, 5.74) is 5.33. The second kappa shape index (κ2) is 30.7. The predicted octanol–water partition coefficient (Wildman–Crippen LogP) is 8.43. The van der Waals surface area contributed by atoms with Crippen LogP contribution in [-0.4, -0.2) is 47.8 Å². The second-order valence-corrected chi connectivity index (χ2v) is 12.8. The molecule has 0 aliphatic heterocycles. The first-order valence-corrected chi connectivity index (χ1v) is 18.6. The summed E-state index contributed by atoms with van der Waals surface area (Å²) in [6, 6.07) is -0.876. The van der Waals surface area contributed by atoms with Crippen molar-refractivity contribution in [3.05, 3.63) is 36.5 Å². The van der Waals surface area contributed by atoms with Gasteiger partial charge >= 0.3 is 7.82 Å².